The van der Waals surface area contributed by atoms with Gasteiger partial charge in [0.15, 0.2) is 0 Å². The molecule has 10 heteroatoms. The number of rotatable bonds is 4. The monoisotopic (exact) mass is 500 g/mol. The average Bonchev–Trinajstić information content (AvgIpc) is 3.35. The van der Waals surface area contributed by atoms with Crippen molar-refractivity contribution in [1.29, 1.82) is 0 Å². The molecule has 2 aromatic carbocycles. The van der Waals surface area contributed by atoms with E-state index in [9.17, 15) is 18.0 Å². The normalized spacial score (nSPS) is 15.1. The minimum Gasteiger partial charge on any atom is -0.369 e. The van der Waals surface area contributed by atoms with Gasteiger partial charge in [-0.05, 0) is 49.9 Å². The van der Waals surface area contributed by atoms with Crippen LogP contribution in [0.2, 0.25) is 0 Å². The molecule has 3 heterocycles. The molecule has 0 bridgehead atoms. The minimum atomic E-state index is -4.52. The van der Waals surface area contributed by atoms with Gasteiger partial charge < -0.3 is 14.0 Å². The van der Waals surface area contributed by atoms with E-state index >= 15 is 4.39 Å². The van der Waals surface area contributed by atoms with Crippen molar-refractivity contribution in [2.45, 2.75) is 39.4 Å². The molecule has 0 amide bonds. The number of piperidine rings is 1. The van der Waals surface area contributed by atoms with Gasteiger partial charge in [0.25, 0.3) is 5.89 Å². The summed E-state index contributed by atoms with van der Waals surface area (Å²) in [5, 5.41) is 3.95. The van der Waals surface area contributed by atoms with Crippen molar-refractivity contribution in [2.24, 2.45) is 5.92 Å². The van der Waals surface area contributed by atoms with Crippen LogP contribution >= 0.6 is 0 Å². The van der Waals surface area contributed by atoms with Crippen LogP contribution in [0.1, 0.15) is 32.3 Å². The van der Waals surface area contributed by atoms with Gasteiger partial charge in [0.05, 0.1) is 16.8 Å². The second-order valence-electron chi connectivity index (χ2n) is 9.15. The van der Waals surface area contributed by atoms with Crippen molar-refractivity contribution in [3.63, 3.8) is 0 Å². The summed E-state index contributed by atoms with van der Waals surface area (Å²) in [4.78, 5) is 19.5. The first-order valence-corrected chi connectivity index (χ1v) is 11.8. The Morgan fingerprint density at radius 3 is 2.58 bits per heavy atom. The summed E-state index contributed by atoms with van der Waals surface area (Å²) >= 11 is 0. The maximum atomic E-state index is 15.2. The maximum Gasteiger partial charge on any atom is 0.416 e. The van der Waals surface area contributed by atoms with Crippen molar-refractivity contribution in [3.05, 3.63) is 64.2 Å². The lowest BCUT2D eigenvalue weighted by Gasteiger charge is -2.32. The van der Waals surface area contributed by atoms with Crippen molar-refractivity contribution in [2.75, 3.05) is 18.0 Å². The largest absolute Gasteiger partial charge is 0.416 e. The van der Waals surface area contributed by atoms with Crippen LogP contribution in [0, 0.1) is 11.7 Å². The fraction of sp³-hybridized carbons (Fsp3) is 0.346. The first-order valence-electron chi connectivity index (χ1n) is 11.8. The summed E-state index contributed by atoms with van der Waals surface area (Å²) in [5.74, 6) is -0.119. The molecule has 0 atom stereocenters. The van der Waals surface area contributed by atoms with Gasteiger partial charge in [-0.1, -0.05) is 24.2 Å². The van der Waals surface area contributed by atoms with Crippen LogP contribution in [-0.4, -0.2) is 27.8 Å². The lowest BCUT2D eigenvalue weighted by atomic mass is 9.98. The first-order chi connectivity index (χ1) is 17.2. The molecule has 188 valence electrons. The number of aryl methyl sites for hydroxylation is 1. The zero-order chi connectivity index (χ0) is 25.6. The lowest BCUT2D eigenvalue weighted by Crippen LogP contribution is -2.33. The van der Waals surface area contributed by atoms with E-state index < -0.39 is 23.0 Å². The summed E-state index contributed by atoms with van der Waals surface area (Å²) in [7, 11) is 0. The Balaban J connectivity index is 1.57. The molecule has 1 aliphatic heterocycles. The SMILES string of the molecule is CCn1cc(-c2nc(-c3cccc(C(F)(F)F)c3)no2)c(=O)c2cc(F)c(N3CCC(C)CC3)cc21. The number of benzene rings is 2. The molecule has 0 saturated carbocycles. The number of pyridine rings is 1. The standard InChI is InChI=1S/C26H24F4N4O2/c1-3-33-14-19(25-31-24(32-36-25)16-5-4-6-17(11-16)26(28,29)30)23(35)18-12-20(27)22(13-21(18)33)34-9-7-15(2)8-10-34/h4-6,11-15H,3,7-10H2,1-2H3. The van der Waals surface area contributed by atoms with Crippen LogP contribution in [0.25, 0.3) is 33.7 Å². The summed E-state index contributed by atoms with van der Waals surface area (Å²) in [6, 6.07) is 7.48. The lowest BCUT2D eigenvalue weighted by molar-refractivity contribution is -0.137. The van der Waals surface area contributed by atoms with E-state index in [1.165, 1.54) is 18.2 Å². The molecule has 6 nitrogen and oxygen atoms in total. The van der Waals surface area contributed by atoms with E-state index in [1.807, 2.05) is 11.8 Å². The highest BCUT2D eigenvalue weighted by molar-refractivity contribution is 5.86. The van der Waals surface area contributed by atoms with Gasteiger partial charge in [0.2, 0.25) is 11.3 Å². The van der Waals surface area contributed by atoms with E-state index in [1.54, 1.807) is 16.8 Å². The van der Waals surface area contributed by atoms with Gasteiger partial charge in [-0.3, -0.25) is 4.79 Å². The Kier molecular flexibility index (Phi) is 6.05. The summed E-state index contributed by atoms with van der Waals surface area (Å²) in [6.07, 6.45) is -1.01. The van der Waals surface area contributed by atoms with Gasteiger partial charge in [0, 0.05) is 36.8 Å². The number of nitrogens with zero attached hydrogens (tertiary/aromatic N) is 4. The van der Waals surface area contributed by atoms with Crippen LogP contribution in [-0.2, 0) is 12.7 Å². The molecule has 4 aromatic rings. The highest BCUT2D eigenvalue weighted by Crippen LogP contribution is 2.33. The van der Waals surface area contributed by atoms with Crippen LogP contribution in [0.5, 0.6) is 0 Å². The molecular weight excluding hydrogens is 476 g/mol. The van der Waals surface area contributed by atoms with Crippen LogP contribution < -0.4 is 10.3 Å². The molecule has 2 aromatic heterocycles. The molecule has 0 radical (unpaired) electrons. The molecule has 0 spiro atoms. The van der Waals surface area contributed by atoms with Crippen molar-refractivity contribution < 1.29 is 22.1 Å². The first kappa shape index (κ1) is 24.0. The van der Waals surface area contributed by atoms with E-state index in [0.717, 1.165) is 38.1 Å². The number of alkyl halides is 3. The Morgan fingerprint density at radius 1 is 1.14 bits per heavy atom. The van der Waals surface area contributed by atoms with Crippen molar-refractivity contribution in [1.82, 2.24) is 14.7 Å². The summed E-state index contributed by atoms with van der Waals surface area (Å²) in [5.41, 5.74) is -0.143. The van der Waals surface area contributed by atoms with Crippen molar-refractivity contribution in [3.8, 4) is 22.8 Å². The molecule has 0 aliphatic carbocycles. The molecule has 1 fully saturated rings. The predicted molar refractivity (Wildman–Crippen MR) is 128 cm³/mol. The van der Waals surface area contributed by atoms with Gasteiger partial charge in [-0.15, -0.1) is 0 Å². The van der Waals surface area contributed by atoms with Gasteiger partial charge in [-0.2, -0.15) is 18.2 Å². The summed E-state index contributed by atoms with van der Waals surface area (Å²) in [6.45, 7) is 6.05. The average molecular weight is 500 g/mol. The fourth-order valence-corrected chi connectivity index (χ4v) is 4.59. The third kappa shape index (κ3) is 4.36. The van der Waals surface area contributed by atoms with Gasteiger partial charge in [0.1, 0.15) is 11.4 Å². The van der Waals surface area contributed by atoms with Crippen molar-refractivity contribution >= 4 is 16.6 Å². The second kappa shape index (κ2) is 9.07. The highest BCUT2D eigenvalue weighted by atomic mass is 19.4. The van der Waals surface area contributed by atoms with Gasteiger partial charge >= 0.3 is 6.18 Å². The van der Waals surface area contributed by atoms with Crippen LogP contribution in [0.3, 0.4) is 0 Å². The summed E-state index contributed by atoms with van der Waals surface area (Å²) < 4.78 is 61.5. The Bertz CT molecular complexity index is 1480. The zero-order valence-electron chi connectivity index (χ0n) is 19.8. The van der Waals surface area contributed by atoms with Crippen LogP contribution in [0.15, 0.2) is 51.9 Å². The molecule has 0 N–H and O–H groups in total. The fourth-order valence-electron chi connectivity index (χ4n) is 4.59. The smallest absolute Gasteiger partial charge is 0.369 e. The molecule has 1 aliphatic rings. The van der Waals surface area contributed by atoms with E-state index in [2.05, 4.69) is 17.1 Å². The third-order valence-corrected chi connectivity index (χ3v) is 6.72. The highest BCUT2D eigenvalue weighted by Gasteiger charge is 2.31. The Labute approximate surface area is 204 Å². The Morgan fingerprint density at radius 2 is 1.89 bits per heavy atom. The number of hydrogen-bond donors (Lipinski definition) is 0. The molecule has 0 unspecified atom stereocenters. The number of aromatic nitrogens is 3. The number of hydrogen-bond acceptors (Lipinski definition) is 5. The minimum absolute atomic E-state index is 0.0500. The molecule has 5 rings (SSSR count). The van der Waals surface area contributed by atoms with Crippen LogP contribution in [0.4, 0.5) is 23.2 Å². The second-order valence-corrected chi connectivity index (χ2v) is 9.15. The van der Waals surface area contributed by atoms with E-state index in [0.29, 0.717) is 23.7 Å². The zero-order valence-corrected chi connectivity index (χ0v) is 19.8. The topological polar surface area (TPSA) is 64.2 Å². The molecular formula is C26H24F4N4O2. The predicted octanol–water partition coefficient (Wildman–Crippen LogP) is 6.13. The van der Waals surface area contributed by atoms with Gasteiger partial charge in [-0.25, -0.2) is 4.39 Å². The third-order valence-electron chi connectivity index (χ3n) is 6.72. The van der Waals surface area contributed by atoms with E-state index in [4.69, 9.17) is 4.52 Å². The number of fused-ring (bicyclic) bond motifs is 1. The maximum absolute atomic E-state index is 15.2. The number of anilines is 1. The quantitative estimate of drug-likeness (QED) is 0.315. The number of halogens is 4. The Hall–Kier alpha value is -3.69. The van der Waals surface area contributed by atoms with E-state index in [-0.39, 0.29) is 28.2 Å². The molecule has 36 heavy (non-hydrogen) atoms. The molecule has 1 saturated heterocycles.